The Morgan fingerprint density at radius 3 is 2.26 bits per heavy atom. The number of alkyl halides is 2. The van der Waals surface area contributed by atoms with Gasteiger partial charge in [0.05, 0.1) is 31.3 Å². The number of carboxylic acids is 1. The summed E-state index contributed by atoms with van der Waals surface area (Å²) in [6.45, 7) is 0.165. The first kappa shape index (κ1) is 33.8. The lowest BCUT2D eigenvalue weighted by molar-refractivity contribution is -0.231. The minimum Gasteiger partial charge on any atom is -0.476 e. The zero-order chi connectivity index (χ0) is 29.8. The molecule has 0 saturated heterocycles. The topological polar surface area (TPSA) is 212 Å². The Kier molecular flexibility index (Phi) is 13.9. The molecule has 0 fully saturated rings. The fraction of sp³-hybridized carbons (Fsp3) is 0.583. The second-order valence-electron chi connectivity index (χ2n) is 8.74. The van der Waals surface area contributed by atoms with E-state index in [0.29, 0.717) is 0 Å². The number of rotatable bonds is 18. The number of anilines is 1. The predicted molar refractivity (Wildman–Crippen MR) is 130 cm³/mol. The minimum absolute atomic E-state index is 0.0496. The van der Waals surface area contributed by atoms with Crippen molar-refractivity contribution in [2.45, 2.75) is 70.1 Å². The number of carboxylic acid groups (broad SMARTS) is 1. The number of carbonyl (C=O) groups is 4. The Labute approximate surface area is 222 Å². The minimum atomic E-state index is -3.23. The Morgan fingerprint density at radius 1 is 1.05 bits per heavy atom. The normalized spacial score (nSPS) is 15.1. The summed E-state index contributed by atoms with van der Waals surface area (Å²) in [6.07, 6.45) is -8.98. The highest BCUT2D eigenvalue weighted by Gasteiger charge is 2.46. The molecule has 13 nitrogen and oxygen atoms in total. The van der Waals surface area contributed by atoms with Crippen molar-refractivity contribution in [3.05, 3.63) is 23.8 Å². The van der Waals surface area contributed by atoms with E-state index in [2.05, 4.69) is 10.6 Å². The molecule has 0 radical (unpaired) electrons. The van der Waals surface area contributed by atoms with Crippen LogP contribution in [0.2, 0.25) is 0 Å². The molecule has 1 rings (SSSR count). The van der Waals surface area contributed by atoms with Gasteiger partial charge in [-0.25, -0.2) is 13.6 Å². The van der Waals surface area contributed by atoms with Gasteiger partial charge in [-0.05, 0) is 31.5 Å². The van der Waals surface area contributed by atoms with Crippen molar-refractivity contribution in [2.24, 2.45) is 0 Å². The molecule has 0 unspecified atom stereocenters. The van der Waals surface area contributed by atoms with Crippen LogP contribution in [0.5, 0.6) is 5.75 Å². The largest absolute Gasteiger partial charge is 0.476 e. The van der Waals surface area contributed by atoms with E-state index in [9.17, 15) is 48.4 Å². The highest BCUT2D eigenvalue weighted by Crippen LogP contribution is 2.35. The number of aliphatic carboxylic acids is 1. The van der Waals surface area contributed by atoms with E-state index in [0.717, 1.165) is 25.1 Å². The summed E-state index contributed by atoms with van der Waals surface area (Å²) in [5, 5.41) is 53.3. The zero-order valence-electron chi connectivity index (χ0n) is 21.4. The number of aliphatic hydroxyl groups excluding tert-OH is 4. The van der Waals surface area contributed by atoms with Crippen molar-refractivity contribution < 1.29 is 63.0 Å². The van der Waals surface area contributed by atoms with Crippen molar-refractivity contribution in [1.82, 2.24) is 5.32 Å². The Balaban J connectivity index is 3.30. The number of benzene rings is 1. The summed E-state index contributed by atoms with van der Waals surface area (Å²) >= 11 is 0. The molecular weight excluding hydrogens is 530 g/mol. The maximum Gasteiger partial charge on any atom is 0.377 e. The van der Waals surface area contributed by atoms with Crippen molar-refractivity contribution in [3.63, 3.8) is 0 Å². The molecule has 0 aliphatic heterocycles. The Bertz CT molecular complexity index is 995. The van der Waals surface area contributed by atoms with Crippen LogP contribution in [0.1, 0.15) is 51.5 Å². The zero-order valence-corrected chi connectivity index (χ0v) is 21.4. The van der Waals surface area contributed by atoms with Crippen LogP contribution in [-0.4, -0.2) is 93.0 Å². The maximum absolute atomic E-state index is 13.9. The lowest BCUT2D eigenvalue weighted by Gasteiger charge is -2.33. The van der Waals surface area contributed by atoms with Gasteiger partial charge in [0.2, 0.25) is 11.8 Å². The number of ether oxygens (including phenoxy) is 2. The summed E-state index contributed by atoms with van der Waals surface area (Å²) in [6, 6.07) is 2.93. The predicted octanol–water partition coefficient (Wildman–Crippen LogP) is 0.0995. The number of hydrogen-bond acceptors (Lipinski definition) is 10. The highest BCUT2D eigenvalue weighted by atomic mass is 19.3. The summed E-state index contributed by atoms with van der Waals surface area (Å²) in [4.78, 5) is 46.5. The van der Waals surface area contributed by atoms with E-state index >= 15 is 0 Å². The maximum atomic E-state index is 13.9. The average Bonchev–Trinajstić information content (AvgIpc) is 2.85. The molecule has 4 atom stereocenters. The Morgan fingerprint density at radius 2 is 1.72 bits per heavy atom. The van der Waals surface area contributed by atoms with Gasteiger partial charge in [0.1, 0.15) is 23.7 Å². The SMILES string of the molecule is CC(=O)CCCC(=O)Nc1ccc(O[C@](C[C@@H](O)CNC(C)=O)(OC[C@H](O)[C@H](O)CO)C(=O)O)c(C(F)F)c1. The van der Waals surface area contributed by atoms with Crippen molar-refractivity contribution in [3.8, 4) is 5.75 Å². The second-order valence-corrected chi connectivity index (χ2v) is 8.74. The van der Waals surface area contributed by atoms with Crippen LogP contribution < -0.4 is 15.4 Å². The molecule has 220 valence electrons. The van der Waals surface area contributed by atoms with Crippen LogP contribution in [0.3, 0.4) is 0 Å². The van der Waals surface area contributed by atoms with Gasteiger partial charge in [-0.1, -0.05) is 0 Å². The summed E-state index contributed by atoms with van der Waals surface area (Å²) in [7, 11) is 0. The molecular formula is C24H34F2N2O11. The van der Waals surface area contributed by atoms with Gasteiger partial charge in [-0.3, -0.25) is 9.59 Å². The number of ketones is 1. The van der Waals surface area contributed by atoms with Crippen LogP contribution in [0.25, 0.3) is 0 Å². The van der Waals surface area contributed by atoms with E-state index in [1.54, 1.807) is 0 Å². The van der Waals surface area contributed by atoms with Crippen LogP contribution >= 0.6 is 0 Å². The van der Waals surface area contributed by atoms with Gasteiger partial charge in [0, 0.05) is 32.0 Å². The summed E-state index contributed by atoms with van der Waals surface area (Å²) in [5.41, 5.74) is -0.919. The third kappa shape index (κ3) is 11.6. The monoisotopic (exact) mass is 564 g/mol. The van der Waals surface area contributed by atoms with E-state index in [1.807, 2.05) is 0 Å². The van der Waals surface area contributed by atoms with Crippen LogP contribution in [0, 0.1) is 0 Å². The first-order valence-electron chi connectivity index (χ1n) is 11.9. The molecule has 7 N–H and O–H groups in total. The first-order valence-corrected chi connectivity index (χ1v) is 11.9. The van der Waals surface area contributed by atoms with Crippen molar-refractivity contribution in [2.75, 3.05) is 25.1 Å². The number of aliphatic hydroxyl groups is 4. The second kappa shape index (κ2) is 16.0. The molecule has 2 amide bonds. The quantitative estimate of drug-likeness (QED) is 0.119. The van der Waals surface area contributed by atoms with Gasteiger partial charge in [0.25, 0.3) is 6.43 Å². The van der Waals surface area contributed by atoms with Crippen LogP contribution in [0.15, 0.2) is 18.2 Å². The molecule has 0 aromatic heterocycles. The van der Waals surface area contributed by atoms with Gasteiger partial charge in [-0.2, -0.15) is 0 Å². The Hall–Kier alpha value is -3.24. The molecule has 0 aliphatic carbocycles. The first-order chi connectivity index (χ1) is 18.2. The van der Waals surface area contributed by atoms with Gasteiger partial charge in [0.15, 0.2) is 0 Å². The van der Waals surface area contributed by atoms with E-state index in [4.69, 9.17) is 14.6 Å². The van der Waals surface area contributed by atoms with Gasteiger partial charge < -0.3 is 50.4 Å². The van der Waals surface area contributed by atoms with Gasteiger partial charge in [-0.15, -0.1) is 0 Å². The fourth-order valence-corrected chi connectivity index (χ4v) is 3.21. The number of amides is 2. The summed E-state index contributed by atoms with van der Waals surface area (Å²) < 4.78 is 38.4. The fourth-order valence-electron chi connectivity index (χ4n) is 3.21. The number of hydrogen-bond donors (Lipinski definition) is 7. The summed E-state index contributed by atoms with van der Waals surface area (Å²) in [5.74, 6) is -6.74. The highest BCUT2D eigenvalue weighted by molar-refractivity contribution is 5.91. The third-order valence-electron chi connectivity index (χ3n) is 5.27. The molecule has 0 heterocycles. The van der Waals surface area contributed by atoms with E-state index in [-0.39, 0.29) is 30.7 Å². The van der Waals surface area contributed by atoms with Crippen molar-refractivity contribution in [1.29, 1.82) is 0 Å². The molecule has 1 aromatic carbocycles. The smallest absolute Gasteiger partial charge is 0.377 e. The molecule has 0 aliphatic rings. The lowest BCUT2D eigenvalue weighted by Crippen LogP contribution is -2.53. The molecule has 0 saturated carbocycles. The van der Waals surface area contributed by atoms with E-state index < -0.39 is 85.8 Å². The molecule has 15 heteroatoms. The number of nitrogens with one attached hydrogen (secondary N) is 2. The number of Topliss-reactive ketones (excluding diaryl/α,β-unsaturated/α-hetero) is 1. The van der Waals surface area contributed by atoms with Crippen molar-refractivity contribution >= 4 is 29.3 Å². The number of carbonyl (C=O) groups excluding carboxylic acids is 3. The van der Waals surface area contributed by atoms with Gasteiger partial charge >= 0.3 is 11.8 Å². The molecule has 0 bridgehead atoms. The molecule has 1 aromatic rings. The molecule has 39 heavy (non-hydrogen) atoms. The number of halogens is 2. The van der Waals surface area contributed by atoms with Crippen LogP contribution in [-0.2, 0) is 23.9 Å². The van der Waals surface area contributed by atoms with E-state index in [1.165, 1.54) is 6.92 Å². The molecule has 0 spiro atoms. The lowest BCUT2D eigenvalue weighted by atomic mass is 10.1. The third-order valence-corrected chi connectivity index (χ3v) is 5.27. The standard InChI is InChI=1S/C24H34F2N2O11/c1-13(30)4-3-5-21(35)28-15-6-7-20(17(8-15)22(25)26)39-24(23(36)37,9-16(32)10-27-14(2)31)38-12-19(34)18(33)11-29/h6-8,16,18-19,22,29,32-34H,3-5,9-12H2,1-2H3,(H,27,31)(H,28,35)(H,36,37)/t16-,18-,19+,24+/m1/s1. The average molecular weight is 565 g/mol. The van der Waals surface area contributed by atoms with Crippen LogP contribution in [0.4, 0.5) is 14.5 Å².